The lowest BCUT2D eigenvalue weighted by Gasteiger charge is -2.19. The highest BCUT2D eigenvalue weighted by atomic mass is 79.9. The van der Waals surface area contributed by atoms with Gasteiger partial charge in [0, 0.05) is 9.85 Å². The van der Waals surface area contributed by atoms with Crippen LogP contribution in [0.25, 0.3) is 0 Å². The van der Waals surface area contributed by atoms with Gasteiger partial charge in [0.05, 0.1) is 0 Å². The molecule has 2 rings (SSSR count). The van der Waals surface area contributed by atoms with E-state index in [1.54, 1.807) is 0 Å². The average molecular weight is 310 g/mol. The highest BCUT2D eigenvalue weighted by molar-refractivity contribution is 9.09. The second-order valence-electron chi connectivity index (χ2n) is 4.15. The predicted octanol–water partition coefficient (Wildman–Crippen LogP) is 5.58. The molecule has 2 unspecified atom stereocenters. The fraction of sp³-hybridized carbons (Fsp3) is 0.200. The van der Waals surface area contributed by atoms with Crippen LogP contribution in [0.3, 0.4) is 0 Å². The molecule has 0 saturated carbocycles. The number of halogens is 2. The normalized spacial score (nSPS) is 14.3. The van der Waals surface area contributed by atoms with Crippen molar-refractivity contribution in [1.29, 1.82) is 0 Å². The molecule has 0 radical (unpaired) electrons. The van der Waals surface area contributed by atoms with Crippen molar-refractivity contribution in [2.75, 3.05) is 0 Å². The third-order valence-electron chi connectivity index (χ3n) is 2.95. The third kappa shape index (κ3) is 3.11. The lowest BCUT2D eigenvalue weighted by Crippen LogP contribution is -2.01. The maximum Gasteiger partial charge on any atom is 0.0461 e. The van der Waals surface area contributed by atoms with Gasteiger partial charge >= 0.3 is 0 Å². The molecule has 0 bridgehead atoms. The van der Waals surface area contributed by atoms with Gasteiger partial charge in [-0.2, -0.15) is 0 Å². The van der Waals surface area contributed by atoms with Crippen LogP contribution in [0, 0.1) is 0 Å². The van der Waals surface area contributed by atoms with E-state index in [2.05, 4.69) is 59.3 Å². The van der Waals surface area contributed by atoms with Gasteiger partial charge in [-0.1, -0.05) is 76.9 Å². The minimum Gasteiger partial charge on any atom is -0.0843 e. The molecule has 0 amide bonds. The molecule has 0 aromatic heterocycles. The number of benzene rings is 2. The van der Waals surface area contributed by atoms with Crippen LogP contribution in [0.1, 0.15) is 28.8 Å². The first-order chi connectivity index (χ1) is 8.18. The van der Waals surface area contributed by atoms with Gasteiger partial charge in [-0.3, -0.25) is 0 Å². The molecule has 0 heterocycles. The zero-order valence-electron chi connectivity index (χ0n) is 9.61. The summed E-state index contributed by atoms with van der Waals surface area (Å²) in [5.74, 6) is 0.428. The van der Waals surface area contributed by atoms with Crippen LogP contribution in [0.15, 0.2) is 54.6 Å². The summed E-state index contributed by atoms with van der Waals surface area (Å²) in [5, 5.41) is 0.779. The minimum atomic E-state index is 0.308. The van der Waals surface area contributed by atoms with E-state index in [9.17, 15) is 0 Å². The summed E-state index contributed by atoms with van der Waals surface area (Å²) in [4.78, 5) is 0.308. The summed E-state index contributed by atoms with van der Waals surface area (Å²) in [6, 6.07) is 18.5. The first-order valence-electron chi connectivity index (χ1n) is 5.63. The number of alkyl halides is 1. The Hall–Kier alpha value is -0.790. The van der Waals surface area contributed by atoms with Crippen molar-refractivity contribution in [2.45, 2.75) is 17.7 Å². The van der Waals surface area contributed by atoms with E-state index in [1.165, 1.54) is 11.1 Å². The van der Waals surface area contributed by atoms with Gasteiger partial charge in [0.2, 0.25) is 0 Å². The molecular formula is C15H14BrCl. The first kappa shape index (κ1) is 12.7. The van der Waals surface area contributed by atoms with Gasteiger partial charge in [0.1, 0.15) is 0 Å². The van der Waals surface area contributed by atoms with E-state index in [0.717, 1.165) is 5.02 Å². The van der Waals surface area contributed by atoms with Gasteiger partial charge in [0.15, 0.2) is 0 Å². The van der Waals surface area contributed by atoms with Crippen molar-refractivity contribution >= 4 is 27.5 Å². The quantitative estimate of drug-likeness (QED) is 0.649. The summed E-state index contributed by atoms with van der Waals surface area (Å²) >= 11 is 9.67. The Balaban J connectivity index is 2.20. The van der Waals surface area contributed by atoms with E-state index >= 15 is 0 Å². The van der Waals surface area contributed by atoms with E-state index in [0.29, 0.717) is 10.7 Å². The molecule has 0 nitrogen and oxygen atoms in total. The van der Waals surface area contributed by atoms with Crippen LogP contribution in [0.2, 0.25) is 5.02 Å². The molecule has 0 aliphatic heterocycles. The lowest BCUT2D eigenvalue weighted by atomic mass is 9.94. The topological polar surface area (TPSA) is 0 Å². The number of hydrogen-bond donors (Lipinski definition) is 0. The number of hydrogen-bond acceptors (Lipinski definition) is 0. The second kappa shape index (κ2) is 5.70. The van der Waals surface area contributed by atoms with Crippen LogP contribution in [0.4, 0.5) is 0 Å². The van der Waals surface area contributed by atoms with Crippen molar-refractivity contribution in [3.63, 3.8) is 0 Å². The lowest BCUT2D eigenvalue weighted by molar-refractivity contribution is 0.752. The Morgan fingerprint density at radius 2 is 1.47 bits per heavy atom. The van der Waals surface area contributed by atoms with E-state index in [-0.39, 0.29) is 0 Å². The molecule has 17 heavy (non-hydrogen) atoms. The zero-order valence-corrected chi connectivity index (χ0v) is 11.9. The van der Waals surface area contributed by atoms with Crippen molar-refractivity contribution in [3.05, 3.63) is 70.7 Å². The summed E-state index contributed by atoms with van der Waals surface area (Å²) < 4.78 is 0. The molecule has 0 aliphatic rings. The Morgan fingerprint density at radius 3 is 2.06 bits per heavy atom. The van der Waals surface area contributed by atoms with Crippen molar-refractivity contribution in [2.24, 2.45) is 0 Å². The predicted molar refractivity (Wildman–Crippen MR) is 78.0 cm³/mol. The Labute approximate surface area is 116 Å². The average Bonchev–Trinajstić information content (AvgIpc) is 2.39. The van der Waals surface area contributed by atoms with Crippen LogP contribution < -0.4 is 0 Å². The van der Waals surface area contributed by atoms with E-state index in [1.807, 2.05) is 18.2 Å². The highest BCUT2D eigenvalue weighted by Crippen LogP contribution is 2.37. The van der Waals surface area contributed by atoms with Crippen molar-refractivity contribution in [3.8, 4) is 0 Å². The van der Waals surface area contributed by atoms with Crippen LogP contribution in [-0.2, 0) is 0 Å². The minimum absolute atomic E-state index is 0.308. The summed E-state index contributed by atoms with van der Waals surface area (Å²) in [6.07, 6.45) is 0. The maximum atomic E-state index is 5.90. The Kier molecular flexibility index (Phi) is 4.25. The molecule has 2 aromatic carbocycles. The van der Waals surface area contributed by atoms with Gasteiger partial charge < -0.3 is 0 Å². The molecule has 0 N–H and O–H groups in total. The molecule has 2 atom stereocenters. The van der Waals surface area contributed by atoms with Crippen LogP contribution in [-0.4, -0.2) is 0 Å². The van der Waals surface area contributed by atoms with Crippen molar-refractivity contribution in [1.82, 2.24) is 0 Å². The monoisotopic (exact) mass is 308 g/mol. The summed E-state index contributed by atoms with van der Waals surface area (Å²) in [7, 11) is 0. The molecule has 0 saturated heterocycles. The zero-order chi connectivity index (χ0) is 12.3. The SMILES string of the molecule is CC(c1ccccc1)C(Br)c1ccc(Cl)cc1. The summed E-state index contributed by atoms with van der Waals surface area (Å²) in [6.45, 7) is 2.23. The molecule has 2 aromatic rings. The molecule has 0 spiro atoms. The van der Waals surface area contributed by atoms with Gasteiger partial charge in [-0.15, -0.1) is 0 Å². The van der Waals surface area contributed by atoms with Gasteiger partial charge in [-0.25, -0.2) is 0 Å². The fourth-order valence-electron chi connectivity index (χ4n) is 1.86. The molecule has 88 valence electrons. The molecule has 2 heteroatoms. The van der Waals surface area contributed by atoms with Gasteiger partial charge in [-0.05, 0) is 29.2 Å². The van der Waals surface area contributed by atoms with E-state index < -0.39 is 0 Å². The van der Waals surface area contributed by atoms with Gasteiger partial charge in [0.25, 0.3) is 0 Å². The standard InChI is InChI=1S/C15H14BrCl/c1-11(12-5-3-2-4-6-12)15(16)13-7-9-14(17)10-8-13/h2-11,15H,1H3. The summed E-state index contributed by atoms with van der Waals surface area (Å²) in [5.41, 5.74) is 2.59. The Morgan fingerprint density at radius 1 is 0.882 bits per heavy atom. The molecule has 0 fully saturated rings. The third-order valence-corrected chi connectivity index (χ3v) is 4.53. The molecular weight excluding hydrogens is 296 g/mol. The first-order valence-corrected chi connectivity index (χ1v) is 6.92. The van der Waals surface area contributed by atoms with Crippen LogP contribution >= 0.6 is 27.5 Å². The Bertz CT molecular complexity index is 464. The van der Waals surface area contributed by atoms with Crippen LogP contribution in [0.5, 0.6) is 0 Å². The fourth-order valence-corrected chi connectivity index (χ4v) is 2.60. The largest absolute Gasteiger partial charge is 0.0843 e. The molecule has 0 aliphatic carbocycles. The van der Waals surface area contributed by atoms with Crippen molar-refractivity contribution < 1.29 is 0 Å². The highest BCUT2D eigenvalue weighted by Gasteiger charge is 2.17. The van der Waals surface area contributed by atoms with E-state index in [4.69, 9.17) is 11.6 Å². The second-order valence-corrected chi connectivity index (χ2v) is 5.58. The smallest absolute Gasteiger partial charge is 0.0461 e. The maximum absolute atomic E-state index is 5.90. The number of rotatable bonds is 3.